The molecule has 0 aromatic heterocycles. The number of nitrogen functional groups attached to an aromatic ring is 1. The maximum atomic E-state index is 13.8. The van der Waals surface area contributed by atoms with Crippen LogP contribution >= 0.6 is 27.7 Å². The first kappa shape index (κ1) is 14.3. The highest BCUT2D eigenvalue weighted by atomic mass is 79.9. The lowest BCUT2D eigenvalue weighted by Crippen LogP contribution is -1.95. The Morgan fingerprint density at radius 3 is 2.68 bits per heavy atom. The topological polar surface area (TPSA) is 26.0 Å². The number of nitrogens with two attached hydrogens (primary N) is 1. The average molecular weight is 344 g/mol. The molecule has 2 aromatic carbocycles. The van der Waals surface area contributed by atoms with Gasteiger partial charge in [0.25, 0.3) is 0 Å². The van der Waals surface area contributed by atoms with E-state index in [1.54, 1.807) is 6.07 Å². The fourth-order valence-electron chi connectivity index (χ4n) is 1.62. The van der Waals surface area contributed by atoms with Crippen molar-refractivity contribution >= 4 is 33.4 Å². The van der Waals surface area contributed by atoms with Crippen LogP contribution in [0.3, 0.4) is 0 Å². The predicted molar refractivity (Wildman–Crippen MR) is 79.2 cm³/mol. The van der Waals surface area contributed by atoms with Gasteiger partial charge in [0.2, 0.25) is 0 Å². The van der Waals surface area contributed by atoms with E-state index in [-0.39, 0.29) is 15.8 Å². The summed E-state index contributed by atoms with van der Waals surface area (Å²) < 4.78 is 27.7. The third-order valence-electron chi connectivity index (χ3n) is 2.72. The molecule has 0 radical (unpaired) electrons. The minimum atomic E-state index is -0.547. The number of benzene rings is 2. The van der Waals surface area contributed by atoms with E-state index < -0.39 is 11.6 Å². The van der Waals surface area contributed by atoms with Crippen LogP contribution in [0.15, 0.2) is 39.7 Å². The van der Waals surface area contributed by atoms with Gasteiger partial charge in [-0.3, -0.25) is 0 Å². The van der Waals surface area contributed by atoms with E-state index >= 15 is 0 Å². The van der Waals surface area contributed by atoms with E-state index in [2.05, 4.69) is 15.9 Å². The Labute approximate surface area is 123 Å². The molecule has 0 atom stereocenters. The van der Waals surface area contributed by atoms with Gasteiger partial charge in [0.15, 0.2) is 0 Å². The summed E-state index contributed by atoms with van der Waals surface area (Å²) >= 11 is 4.43. The van der Waals surface area contributed by atoms with Gasteiger partial charge in [-0.15, -0.1) is 11.8 Å². The number of aryl methyl sites for hydroxylation is 1. The number of halogens is 3. The van der Waals surface area contributed by atoms with Gasteiger partial charge in [-0.1, -0.05) is 6.07 Å². The number of hydrogen-bond acceptors (Lipinski definition) is 2. The first-order valence-electron chi connectivity index (χ1n) is 5.60. The molecule has 0 unspecified atom stereocenters. The first-order chi connectivity index (χ1) is 8.99. The van der Waals surface area contributed by atoms with E-state index in [4.69, 9.17) is 5.73 Å². The minimum absolute atomic E-state index is 0.0706. The summed E-state index contributed by atoms with van der Waals surface area (Å²) in [6.07, 6.45) is 0. The largest absolute Gasteiger partial charge is 0.399 e. The van der Waals surface area contributed by atoms with E-state index in [1.807, 2.05) is 19.1 Å². The van der Waals surface area contributed by atoms with Gasteiger partial charge in [0.05, 0.1) is 4.47 Å². The van der Waals surface area contributed by atoms with Crippen molar-refractivity contribution in [2.45, 2.75) is 17.6 Å². The monoisotopic (exact) mass is 343 g/mol. The van der Waals surface area contributed by atoms with E-state index in [0.717, 1.165) is 10.5 Å². The van der Waals surface area contributed by atoms with Crippen LogP contribution in [0.4, 0.5) is 14.5 Å². The summed E-state index contributed by atoms with van der Waals surface area (Å²) in [5, 5.41) is 0. The molecule has 100 valence electrons. The Balaban J connectivity index is 2.24. The van der Waals surface area contributed by atoms with Crippen LogP contribution in [0.5, 0.6) is 0 Å². The van der Waals surface area contributed by atoms with Crippen LogP contribution in [-0.4, -0.2) is 0 Å². The number of anilines is 1. The van der Waals surface area contributed by atoms with Crippen molar-refractivity contribution < 1.29 is 8.78 Å². The SMILES string of the molecule is Cc1ccc(N)cc1SCc1c(F)ccc(Br)c1F. The first-order valence-corrected chi connectivity index (χ1v) is 7.38. The van der Waals surface area contributed by atoms with Crippen molar-refractivity contribution in [2.75, 3.05) is 5.73 Å². The second-order valence-corrected chi connectivity index (χ2v) is 6.01. The standard InChI is InChI=1S/C14H12BrF2NS/c1-8-2-3-9(18)6-13(8)19-7-10-12(16)5-4-11(15)14(10)17/h2-6H,7,18H2,1H3. The summed E-state index contributed by atoms with van der Waals surface area (Å²) in [7, 11) is 0. The molecule has 2 rings (SSSR count). The fourth-order valence-corrected chi connectivity index (χ4v) is 3.07. The zero-order valence-electron chi connectivity index (χ0n) is 10.2. The Morgan fingerprint density at radius 2 is 1.95 bits per heavy atom. The maximum Gasteiger partial charge on any atom is 0.144 e. The third-order valence-corrected chi connectivity index (χ3v) is 4.52. The minimum Gasteiger partial charge on any atom is -0.399 e. The van der Waals surface area contributed by atoms with E-state index in [1.165, 1.54) is 23.9 Å². The van der Waals surface area contributed by atoms with Gasteiger partial charge in [-0.2, -0.15) is 0 Å². The van der Waals surface area contributed by atoms with Gasteiger partial charge in [0, 0.05) is 21.9 Å². The molecule has 0 spiro atoms. The molecule has 0 aliphatic heterocycles. The normalized spacial score (nSPS) is 10.7. The Kier molecular flexibility index (Phi) is 4.47. The van der Waals surface area contributed by atoms with Gasteiger partial charge in [0.1, 0.15) is 11.6 Å². The van der Waals surface area contributed by atoms with Crippen molar-refractivity contribution in [3.63, 3.8) is 0 Å². The molecule has 2 N–H and O–H groups in total. The van der Waals surface area contributed by atoms with Crippen LogP contribution in [-0.2, 0) is 5.75 Å². The van der Waals surface area contributed by atoms with E-state index in [0.29, 0.717) is 5.69 Å². The van der Waals surface area contributed by atoms with Gasteiger partial charge in [-0.05, 0) is 52.7 Å². The number of rotatable bonds is 3. The Morgan fingerprint density at radius 1 is 1.21 bits per heavy atom. The molecule has 1 nitrogen and oxygen atoms in total. The molecule has 0 amide bonds. The van der Waals surface area contributed by atoms with Crippen molar-refractivity contribution in [3.8, 4) is 0 Å². The average Bonchev–Trinajstić information content (AvgIpc) is 2.38. The molecule has 0 fully saturated rings. The summed E-state index contributed by atoms with van der Waals surface area (Å²) in [5.74, 6) is -0.856. The molecular weight excluding hydrogens is 332 g/mol. The quantitative estimate of drug-likeness (QED) is 0.486. The summed E-state index contributed by atoms with van der Waals surface area (Å²) in [5.41, 5.74) is 7.46. The van der Waals surface area contributed by atoms with Crippen molar-refractivity contribution in [1.29, 1.82) is 0 Å². The highest BCUT2D eigenvalue weighted by Crippen LogP contribution is 2.31. The maximum absolute atomic E-state index is 13.8. The second-order valence-electron chi connectivity index (χ2n) is 4.14. The molecular formula is C14H12BrF2NS. The van der Waals surface area contributed by atoms with Crippen molar-refractivity contribution in [1.82, 2.24) is 0 Å². The Bertz CT molecular complexity index is 617. The van der Waals surface area contributed by atoms with Crippen LogP contribution in [0, 0.1) is 18.6 Å². The fraction of sp³-hybridized carbons (Fsp3) is 0.143. The predicted octanol–water partition coefficient (Wildman–Crippen LogP) is 4.91. The van der Waals surface area contributed by atoms with Crippen LogP contribution in [0.2, 0.25) is 0 Å². The summed E-state index contributed by atoms with van der Waals surface area (Å²) in [6, 6.07) is 8.14. The Hall–Kier alpha value is -1.07. The molecule has 0 aliphatic rings. The molecule has 19 heavy (non-hydrogen) atoms. The number of hydrogen-bond donors (Lipinski definition) is 1. The highest BCUT2D eigenvalue weighted by Gasteiger charge is 2.13. The van der Waals surface area contributed by atoms with Crippen LogP contribution in [0.25, 0.3) is 0 Å². The van der Waals surface area contributed by atoms with Gasteiger partial charge >= 0.3 is 0 Å². The zero-order chi connectivity index (χ0) is 14.0. The second kappa shape index (κ2) is 5.92. The number of thioether (sulfide) groups is 1. The van der Waals surface area contributed by atoms with Gasteiger partial charge in [-0.25, -0.2) is 8.78 Å². The molecule has 0 saturated carbocycles. The molecule has 0 saturated heterocycles. The molecule has 2 aromatic rings. The van der Waals surface area contributed by atoms with Crippen molar-refractivity contribution in [3.05, 3.63) is 57.6 Å². The van der Waals surface area contributed by atoms with Crippen LogP contribution < -0.4 is 5.73 Å². The van der Waals surface area contributed by atoms with Crippen LogP contribution in [0.1, 0.15) is 11.1 Å². The van der Waals surface area contributed by atoms with Crippen molar-refractivity contribution in [2.24, 2.45) is 0 Å². The molecule has 0 aliphatic carbocycles. The molecule has 0 heterocycles. The van der Waals surface area contributed by atoms with Gasteiger partial charge < -0.3 is 5.73 Å². The summed E-state index contributed by atoms with van der Waals surface area (Å²) in [4.78, 5) is 0.929. The molecule has 5 heteroatoms. The lowest BCUT2D eigenvalue weighted by molar-refractivity contribution is 0.562. The highest BCUT2D eigenvalue weighted by molar-refractivity contribution is 9.10. The third kappa shape index (κ3) is 3.28. The zero-order valence-corrected chi connectivity index (χ0v) is 12.6. The smallest absolute Gasteiger partial charge is 0.144 e. The lowest BCUT2D eigenvalue weighted by atomic mass is 10.2. The lowest BCUT2D eigenvalue weighted by Gasteiger charge is -2.09. The van der Waals surface area contributed by atoms with E-state index in [9.17, 15) is 8.78 Å². The molecule has 0 bridgehead atoms. The summed E-state index contributed by atoms with van der Waals surface area (Å²) in [6.45, 7) is 1.94.